The summed E-state index contributed by atoms with van der Waals surface area (Å²) >= 11 is 0. The largest absolute Gasteiger partial charge is 0.352 e. The predicted molar refractivity (Wildman–Crippen MR) is 105 cm³/mol. The van der Waals surface area contributed by atoms with Crippen LogP contribution in [0.1, 0.15) is 33.3 Å². The van der Waals surface area contributed by atoms with Gasteiger partial charge in [-0.05, 0) is 24.1 Å². The van der Waals surface area contributed by atoms with Crippen LogP contribution >= 0.6 is 0 Å². The maximum Gasteiger partial charge on any atom is 0.272 e. The molecule has 1 N–H and O–H groups in total. The van der Waals surface area contributed by atoms with Gasteiger partial charge in [-0.15, -0.1) is 0 Å². The monoisotopic (exact) mass is 380 g/mol. The lowest BCUT2D eigenvalue weighted by atomic mass is 10.1. The van der Waals surface area contributed by atoms with Crippen molar-refractivity contribution in [2.24, 2.45) is 0 Å². The van der Waals surface area contributed by atoms with Crippen LogP contribution in [-0.4, -0.2) is 65.2 Å². The van der Waals surface area contributed by atoms with Crippen molar-refractivity contribution < 1.29 is 14.4 Å². The Morgan fingerprint density at radius 2 is 1.68 bits per heavy atom. The highest BCUT2D eigenvalue weighted by atomic mass is 16.2. The fraction of sp³-hybridized carbons (Fsp3) is 0.333. The lowest BCUT2D eigenvalue weighted by Crippen LogP contribution is -2.50. The number of hydrogen-bond donors (Lipinski definition) is 1. The van der Waals surface area contributed by atoms with Crippen LogP contribution in [0.4, 0.5) is 0 Å². The molecule has 1 aromatic heterocycles. The van der Waals surface area contributed by atoms with E-state index in [9.17, 15) is 14.4 Å². The van der Waals surface area contributed by atoms with Gasteiger partial charge < -0.3 is 15.1 Å². The maximum absolute atomic E-state index is 12.7. The Kier molecular flexibility index (Phi) is 6.37. The molecule has 0 atom stereocenters. The molecule has 3 amide bonds. The van der Waals surface area contributed by atoms with E-state index in [0.717, 1.165) is 12.0 Å². The minimum absolute atomic E-state index is 0.0133. The number of pyridine rings is 1. The van der Waals surface area contributed by atoms with Crippen LogP contribution in [0.25, 0.3) is 0 Å². The van der Waals surface area contributed by atoms with Crippen LogP contribution in [0.5, 0.6) is 0 Å². The number of aromatic nitrogens is 1. The quantitative estimate of drug-likeness (QED) is 0.849. The molecule has 1 fully saturated rings. The number of amides is 3. The number of hydrogen-bond acceptors (Lipinski definition) is 4. The SMILES string of the molecule is CC(=O)N1CCN(C(=O)c2cc(C(=O)NCCc3ccccc3)ccn2)CC1. The zero-order valence-electron chi connectivity index (χ0n) is 15.9. The Hall–Kier alpha value is -3.22. The number of benzene rings is 1. The highest BCUT2D eigenvalue weighted by Crippen LogP contribution is 2.09. The Balaban J connectivity index is 1.56. The zero-order chi connectivity index (χ0) is 19.9. The van der Waals surface area contributed by atoms with Crippen LogP contribution in [-0.2, 0) is 11.2 Å². The third-order valence-electron chi connectivity index (χ3n) is 4.80. The van der Waals surface area contributed by atoms with E-state index in [1.165, 1.54) is 19.2 Å². The summed E-state index contributed by atoms with van der Waals surface area (Å²) in [6.07, 6.45) is 2.22. The molecule has 2 aromatic rings. The molecule has 0 bridgehead atoms. The van der Waals surface area contributed by atoms with E-state index in [1.54, 1.807) is 15.9 Å². The Bertz CT molecular complexity index is 846. The number of piperazine rings is 1. The molecule has 28 heavy (non-hydrogen) atoms. The fourth-order valence-corrected chi connectivity index (χ4v) is 3.14. The summed E-state index contributed by atoms with van der Waals surface area (Å²) in [5.41, 5.74) is 1.80. The van der Waals surface area contributed by atoms with E-state index in [0.29, 0.717) is 38.3 Å². The number of nitrogens with zero attached hydrogens (tertiary/aromatic N) is 3. The third kappa shape index (κ3) is 4.94. The number of carbonyl (C=O) groups is 3. The van der Waals surface area contributed by atoms with Crippen molar-refractivity contribution in [3.8, 4) is 0 Å². The van der Waals surface area contributed by atoms with Gasteiger partial charge in [0, 0.05) is 51.4 Å². The Morgan fingerprint density at radius 1 is 1.00 bits per heavy atom. The molecule has 1 aromatic carbocycles. The average Bonchev–Trinajstić information content (AvgIpc) is 2.74. The van der Waals surface area contributed by atoms with E-state index < -0.39 is 0 Å². The molecule has 7 heteroatoms. The van der Waals surface area contributed by atoms with Gasteiger partial charge in [-0.3, -0.25) is 19.4 Å². The molecule has 0 unspecified atom stereocenters. The molecule has 1 aliphatic rings. The lowest BCUT2D eigenvalue weighted by Gasteiger charge is -2.34. The van der Waals surface area contributed by atoms with Crippen LogP contribution in [0, 0.1) is 0 Å². The maximum atomic E-state index is 12.7. The van der Waals surface area contributed by atoms with Crippen LogP contribution in [0.15, 0.2) is 48.7 Å². The van der Waals surface area contributed by atoms with Gasteiger partial charge in [0.25, 0.3) is 11.8 Å². The second-order valence-electron chi connectivity index (χ2n) is 6.72. The highest BCUT2D eigenvalue weighted by molar-refractivity contribution is 5.98. The first kappa shape index (κ1) is 19.5. The molecule has 146 valence electrons. The van der Waals surface area contributed by atoms with E-state index in [-0.39, 0.29) is 23.4 Å². The van der Waals surface area contributed by atoms with E-state index >= 15 is 0 Å². The Morgan fingerprint density at radius 3 is 2.36 bits per heavy atom. The molecule has 0 radical (unpaired) electrons. The summed E-state index contributed by atoms with van der Waals surface area (Å²) in [5, 5.41) is 2.88. The molecular formula is C21H24N4O3. The lowest BCUT2D eigenvalue weighted by molar-refractivity contribution is -0.130. The van der Waals surface area contributed by atoms with Crippen molar-refractivity contribution in [2.75, 3.05) is 32.7 Å². The van der Waals surface area contributed by atoms with Gasteiger partial charge in [-0.1, -0.05) is 30.3 Å². The second kappa shape index (κ2) is 9.12. The third-order valence-corrected chi connectivity index (χ3v) is 4.80. The van der Waals surface area contributed by atoms with E-state index in [1.807, 2.05) is 30.3 Å². The molecule has 1 aliphatic heterocycles. The number of rotatable bonds is 5. The molecule has 2 heterocycles. The Labute approximate surface area is 164 Å². The van der Waals surface area contributed by atoms with Crippen molar-refractivity contribution in [1.82, 2.24) is 20.1 Å². The molecule has 0 aliphatic carbocycles. The standard InChI is InChI=1S/C21H24N4O3/c1-16(26)24-11-13-25(14-12-24)21(28)19-15-18(8-10-22-19)20(27)23-9-7-17-5-3-2-4-6-17/h2-6,8,10,15H,7,9,11-14H2,1H3,(H,23,27). The van der Waals surface area contributed by atoms with Crippen LogP contribution in [0.3, 0.4) is 0 Å². The smallest absolute Gasteiger partial charge is 0.272 e. The first-order chi connectivity index (χ1) is 13.5. The summed E-state index contributed by atoms with van der Waals surface area (Å²) < 4.78 is 0. The minimum atomic E-state index is -0.228. The molecular weight excluding hydrogens is 356 g/mol. The van der Waals surface area contributed by atoms with Gasteiger partial charge in [0.05, 0.1) is 0 Å². The zero-order valence-corrected chi connectivity index (χ0v) is 15.9. The molecule has 1 saturated heterocycles. The molecule has 3 rings (SSSR count). The van der Waals surface area contributed by atoms with Crippen LogP contribution in [0.2, 0.25) is 0 Å². The summed E-state index contributed by atoms with van der Waals surface area (Å²) in [7, 11) is 0. The first-order valence-corrected chi connectivity index (χ1v) is 9.37. The fourth-order valence-electron chi connectivity index (χ4n) is 3.14. The van der Waals surface area contributed by atoms with E-state index in [4.69, 9.17) is 0 Å². The first-order valence-electron chi connectivity index (χ1n) is 9.37. The van der Waals surface area contributed by atoms with Crippen molar-refractivity contribution in [3.05, 3.63) is 65.5 Å². The summed E-state index contributed by atoms with van der Waals surface area (Å²) in [6.45, 7) is 4.00. The molecule has 0 spiro atoms. The average molecular weight is 380 g/mol. The van der Waals surface area contributed by atoms with Gasteiger partial charge in [0.2, 0.25) is 5.91 Å². The minimum Gasteiger partial charge on any atom is -0.352 e. The summed E-state index contributed by atoms with van der Waals surface area (Å²) in [5.74, 6) is -0.435. The molecule has 0 saturated carbocycles. The van der Waals surface area contributed by atoms with Crippen molar-refractivity contribution in [2.45, 2.75) is 13.3 Å². The summed E-state index contributed by atoms with van der Waals surface area (Å²) in [4.78, 5) is 44.0. The predicted octanol–water partition coefficient (Wildman–Crippen LogP) is 1.36. The van der Waals surface area contributed by atoms with Crippen molar-refractivity contribution >= 4 is 17.7 Å². The summed E-state index contributed by atoms with van der Waals surface area (Å²) in [6, 6.07) is 13.0. The topological polar surface area (TPSA) is 82.6 Å². The van der Waals surface area contributed by atoms with Crippen molar-refractivity contribution in [3.63, 3.8) is 0 Å². The normalized spacial score (nSPS) is 13.9. The number of carbonyl (C=O) groups excluding carboxylic acids is 3. The van der Waals surface area contributed by atoms with Gasteiger partial charge >= 0.3 is 0 Å². The van der Waals surface area contributed by atoms with Gasteiger partial charge in [0.1, 0.15) is 5.69 Å². The number of nitrogens with one attached hydrogen (secondary N) is 1. The molecule has 7 nitrogen and oxygen atoms in total. The second-order valence-corrected chi connectivity index (χ2v) is 6.72. The van der Waals surface area contributed by atoms with Crippen LogP contribution < -0.4 is 5.32 Å². The van der Waals surface area contributed by atoms with Gasteiger partial charge in [-0.2, -0.15) is 0 Å². The van der Waals surface area contributed by atoms with Gasteiger partial charge in [0.15, 0.2) is 0 Å². The highest BCUT2D eigenvalue weighted by Gasteiger charge is 2.24. The van der Waals surface area contributed by atoms with E-state index in [2.05, 4.69) is 10.3 Å². The van der Waals surface area contributed by atoms with Crippen molar-refractivity contribution in [1.29, 1.82) is 0 Å². The van der Waals surface area contributed by atoms with Gasteiger partial charge in [-0.25, -0.2) is 0 Å².